The first-order valence-electron chi connectivity index (χ1n) is 5.21. The molecule has 1 atom stereocenters. The number of rotatable bonds is 4. The third-order valence-electron chi connectivity index (χ3n) is 2.22. The number of halogens is 1. The number of hydrogen-bond donors (Lipinski definition) is 4. The van der Waals surface area contributed by atoms with Crippen LogP contribution in [-0.2, 0) is 4.79 Å². The topological polar surface area (TPSA) is 122 Å². The molecule has 102 valence electrons. The van der Waals surface area contributed by atoms with E-state index in [-0.39, 0.29) is 5.56 Å². The van der Waals surface area contributed by atoms with Gasteiger partial charge in [-0.3, -0.25) is 4.79 Å². The first kappa shape index (κ1) is 15.0. The number of anilines is 1. The van der Waals surface area contributed by atoms with Gasteiger partial charge in [-0.1, -0.05) is 0 Å². The minimum absolute atomic E-state index is 0.0361. The molecule has 0 aliphatic rings. The molecule has 0 saturated heterocycles. The molecular weight excluding hydrogens is 318 g/mol. The SMILES string of the molecule is CC(NC(N)=O)C(=O)Nc1cc(C(=O)O)ccc1Br. The molecule has 1 aromatic carbocycles. The maximum atomic E-state index is 11.7. The summed E-state index contributed by atoms with van der Waals surface area (Å²) in [6.07, 6.45) is 0. The summed E-state index contributed by atoms with van der Waals surface area (Å²) in [5.41, 5.74) is 5.23. The van der Waals surface area contributed by atoms with Crippen LogP contribution in [0.1, 0.15) is 17.3 Å². The van der Waals surface area contributed by atoms with E-state index < -0.39 is 23.9 Å². The van der Waals surface area contributed by atoms with Crippen molar-refractivity contribution in [3.05, 3.63) is 28.2 Å². The van der Waals surface area contributed by atoms with Gasteiger partial charge in [0.15, 0.2) is 0 Å². The minimum Gasteiger partial charge on any atom is -0.478 e. The number of primary amides is 1. The molecule has 0 radical (unpaired) electrons. The highest BCUT2D eigenvalue weighted by molar-refractivity contribution is 9.10. The Labute approximate surface area is 117 Å². The fourth-order valence-electron chi connectivity index (χ4n) is 1.27. The molecule has 0 fully saturated rings. The molecule has 1 unspecified atom stereocenters. The monoisotopic (exact) mass is 329 g/mol. The van der Waals surface area contributed by atoms with E-state index in [2.05, 4.69) is 26.6 Å². The lowest BCUT2D eigenvalue weighted by atomic mass is 10.2. The number of urea groups is 1. The van der Waals surface area contributed by atoms with Gasteiger partial charge in [0, 0.05) is 4.47 Å². The van der Waals surface area contributed by atoms with Crippen molar-refractivity contribution < 1.29 is 19.5 Å². The van der Waals surface area contributed by atoms with Crippen molar-refractivity contribution in [1.29, 1.82) is 0 Å². The largest absolute Gasteiger partial charge is 0.478 e. The Morgan fingerprint density at radius 2 is 2.00 bits per heavy atom. The molecule has 0 spiro atoms. The molecule has 19 heavy (non-hydrogen) atoms. The van der Waals surface area contributed by atoms with Crippen LogP contribution in [0.15, 0.2) is 22.7 Å². The second-order valence-electron chi connectivity index (χ2n) is 3.72. The van der Waals surface area contributed by atoms with Crippen molar-refractivity contribution in [3.63, 3.8) is 0 Å². The number of aromatic carboxylic acids is 1. The average molecular weight is 330 g/mol. The zero-order valence-corrected chi connectivity index (χ0v) is 11.5. The zero-order valence-electron chi connectivity index (χ0n) is 9.94. The maximum Gasteiger partial charge on any atom is 0.335 e. The number of benzene rings is 1. The van der Waals surface area contributed by atoms with Gasteiger partial charge in [-0.2, -0.15) is 0 Å². The summed E-state index contributed by atoms with van der Waals surface area (Å²) in [6, 6.07) is 2.55. The summed E-state index contributed by atoms with van der Waals surface area (Å²) in [5, 5.41) is 13.6. The van der Waals surface area contributed by atoms with E-state index >= 15 is 0 Å². The minimum atomic E-state index is -1.11. The van der Waals surface area contributed by atoms with Gasteiger partial charge in [-0.25, -0.2) is 9.59 Å². The summed E-state index contributed by atoms with van der Waals surface area (Å²) >= 11 is 3.19. The molecule has 0 aromatic heterocycles. The van der Waals surface area contributed by atoms with Crippen LogP contribution in [0.2, 0.25) is 0 Å². The van der Waals surface area contributed by atoms with Crippen LogP contribution in [-0.4, -0.2) is 29.1 Å². The first-order chi connectivity index (χ1) is 8.81. The molecule has 0 heterocycles. The van der Waals surface area contributed by atoms with Crippen molar-refractivity contribution in [2.24, 2.45) is 5.73 Å². The lowest BCUT2D eigenvalue weighted by Crippen LogP contribution is -2.44. The molecule has 7 nitrogen and oxygen atoms in total. The zero-order chi connectivity index (χ0) is 14.6. The Balaban J connectivity index is 2.86. The third-order valence-corrected chi connectivity index (χ3v) is 2.91. The molecular formula is C11H12BrN3O4. The highest BCUT2D eigenvalue weighted by Gasteiger charge is 2.16. The number of nitrogens with two attached hydrogens (primary N) is 1. The smallest absolute Gasteiger partial charge is 0.335 e. The van der Waals surface area contributed by atoms with Gasteiger partial charge in [-0.15, -0.1) is 0 Å². The van der Waals surface area contributed by atoms with Crippen LogP contribution < -0.4 is 16.4 Å². The summed E-state index contributed by atoms with van der Waals surface area (Å²) in [7, 11) is 0. The summed E-state index contributed by atoms with van der Waals surface area (Å²) < 4.78 is 0.525. The number of carboxylic acids is 1. The van der Waals surface area contributed by atoms with Gasteiger partial charge in [0.05, 0.1) is 11.3 Å². The van der Waals surface area contributed by atoms with E-state index in [0.717, 1.165) is 0 Å². The van der Waals surface area contributed by atoms with Crippen molar-refractivity contribution in [3.8, 4) is 0 Å². The Hall–Kier alpha value is -2.09. The summed E-state index contributed by atoms with van der Waals surface area (Å²) in [6.45, 7) is 1.45. The molecule has 1 aromatic rings. The number of nitrogens with one attached hydrogen (secondary N) is 2. The van der Waals surface area contributed by atoms with E-state index in [1.165, 1.54) is 25.1 Å². The summed E-state index contributed by atoms with van der Waals surface area (Å²) in [5.74, 6) is -1.62. The lowest BCUT2D eigenvalue weighted by Gasteiger charge is -2.13. The third kappa shape index (κ3) is 4.25. The van der Waals surface area contributed by atoms with Crippen molar-refractivity contribution in [1.82, 2.24) is 5.32 Å². The van der Waals surface area contributed by atoms with Crippen molar-refractivity contribution >= 4 is 39.5 Å². The Bertz CT molecular complexity index is 533. The normalized spacial score (nSPS) is 11.5. The van der Waals surface area contributed by atoms with Gasteiger partial charge in [0.2, 0.25) is 5.91 Å². The second-order valence-corrected chi connectivity index (χ2v) is 4.57. The van der Waals surface area contributed by atoms with Gasteiger partial charge in [-0.05, 0) is 41.1 Å². The molecule has 8 heteroatoms. The molecule has 1 rings (SSSR count). The van der Waals surface area contributed by atoms with E-state index in [1.54, 1.807) is 0 Å². The maximum absolute atomic E-state index is 11.7. The van der Waals surface area contributed by atoms with Crippen LogP contribution in [0.3, 0.4) is 0 Å². The average Bonchev–Trinajstić information content (AvgIpc) is 2.30. The molecule has 0 bridgehead atoms. The van der Waals surface area contributed by atoms with E-state index in [1.807, 2.05) is 0 Å². The molecule has 5 N–H and O–H groups in total. The van der Waals surface area contributed by atoms with Crippen LogP contribution in [0.5, 0.6) is 0 Å². The number of amides is 3. The number of carbonyl (C=O) groups is 3. The second kappa shape index (κ2) is 6.19. The van der Waals surface area contributed by atoms with E-state index in [9.17, 15) is 14.4 Å². The first-order valence-corrected chi connectivity index (χ1v) is 6.00. The fraction of sp³-hybridized carbons (Fsp3) is 0.182. The predicted octanol–water partition coefficient (Wildman–Crippen LogP) is 1.14. The van der Waals surface area contributed by atoms with Crippen LogP contribution in [0.4, 0.5) is 10.5 Å². The lowest BCUT2D eigenvalue weighted by molar-refractivity contribution is -0.117. The number of hydrogen-bond acceptors (Lipinski definition) is 3. The molecule has 3 amide bonds. The van der Waals surface area contributed by atoms with Gasteiger partial charge in [0.25, 0.3) is 0 Å². The molecule has 0 saturated carbocycles. The van der Waals surface area contributed by atoms with Crippen LogP contribution >= 0.6 is 15.9 Å². The highest BCUT2D eigenvalue weighted by Crippen LogP contribution is 2.23. The van der Waals surface area contributed by atoms with Gasteiger partial charge >= 0.3 is 12.0 Å². The molecule has 0 aliphatic carbocycles. The predicted molar refractivity (Wildman–Crippen MR) is 71.9 cm³/mol. The standard InChI is InChI=1S/C11H12BrN3O4/c1-5(14-11(13)19)9(16)15-8-4-6(10(17)18)2-3-7(8)12/h2-5H,1H3,(H,15,16)(H,17,18)(H3,13,14,19). The van der Waals surface area contributed by atoms with E-state index in [4.69, 9.17) is 10.8 Å². The van der Waals surface area contributed by atoms with E-state index in [0.29, 0.717) is 10.2 Å². The number of carboxylic acid groups (broad SMARTS) is 1. The molecule has 0 aliphatic heterocycles. The highest BCUT2D eigenvalue weighted by atomic mass is 79.9. The van der Waals surface area contributed by atoms with Gasteiger partial charge < -0.3 is 21.5 Å². The fourth-order valence-corrected chi connectivity index (χ4v) is 1.62. The van der Waals surface area contributed by atoms with Crippen molar-refractivity contribution in [2.45, 2.75) is 13.0 Å². The Morgan fingerprint density at radius 1 is 1.37 bits per heavy atom. The van der Waals surface area contributed by atoms with Crippen molar-refractivity contribution in [2.75, 3.05) is 5.32 Å². The Kier molecular flexibility index (Phi) is 4.87. The Morgan fingerprint density at radius 3 is 2.53 bits per heavy atom. The van der Waals surface area contributed by atoms with Gasteiger partial charge in [0.1, 0.15) is 6.04 Å². The quantitative estimate of drug-likeness (QED) is 0.661. The summed E-state index contributed by atoms with van der Waals surface area (Å²) in [4.78, 5) is 33.2. The van der Waals surface area contributed by atoms with Crippen LogP contribution in [0, 0.1) is 0 Å². The van der Waals surface area contributed by atoms with Crippen LogP contribution in [0.25, 0.3) is 0 Å². The number of carbonyl (C=O) groups excluding carboxylic acids is 2.